The summed E-state index contributed by atoms with van der Waals surface area (Å²) in [6.07, 6.45) is 3.87. The van der Waals surface area contributed by atoms with Crippen LogP contribution in [0, 0.1) is 6.92 Å². The van der Waals surface area contributed by atoms with Crippen LogP contribution in [0.25, 0.3) is 0 Å². The molecule has 1 heterocycles. The monoisotopic (exact) mass is 372 g/mol. The van der Waals surface area contributed by atoms with E-state index >= 15 is 0 Å². The molecule has 0 unspecified atom stereocenters. The molecule has 18 heavy (non-hydrogen) atoms. The van der Waals surface area contributed by atoms with Crippen LogP contribution in [0.4, 0.5) is 0 Å². The maximum absolute atomic E-state index is 12.0. The number of rotatable bonds is 3. The van der Waals surface area contributed by atoms with Crippen LogP contribution < -0.4 is 21.5 Å². The van der Waals surface area contributed by atoms with Gasteiger partial charge in [-0.3, -0.25) is 4.79 Å². The molecule has 0 aliphatic rings. The van der Waals surface area contributed by atoms with Crippen molar-refractivity contribution in [3.63, 3.8) is 0 Å². The molecule has 2 aromatic rings. The Morgan fingerprint density at radius 2 is 1.94 bits per heavy atom. The molecule has 0 saturated carbocycles. The molecule has 96 valence electrons. The Balaban J connectivity index is 0.00000162. The van der Waals surface area contributed by atoms with Crippen molar-refractivity contribution < 1.29 is 26.3 Å². The van der Waals surface area contributed by atoms with Gasteiger partial charge in [0.2, 0.25) is 5.78 Å². The number of carbonyl (C=O) groups is 1. The number of aryl methyl sites for hydroxylation is 1. The lowest BCUT2D eigenvalue weighted by molar-refractivity contribution is -0.677. The van der Waals surface area contributed by atoms with E-state index in [0.29, 0.717) is 6.54 Å². The predicted molar refractivity (Wildman–Crippen MR) is 68.8 cm³/mol. The summed E-state index contributed by atoms with van der Waals surface area (Å²) in [5, 5.41) is 0. The summed E-state index contributed by atoms with van der Waals surface area (Å²) in [5.41, 5.74) is 0.740. The number of Topliss-reactive ketones (excluding diaryl/α,β-unsaturated/α-hetero) is 1. The number of hydrogen-bond acceptors (Lipinski definition) is 1. The van der Waals surface area contributed by atoms with Crippen molar-refractivity contribution in [3.05, 3.63) is 52.5 Å². The van der Waals surface area contributed by atoms with Crippen molar-refractivity contribution in [1.29, 1.82) is 0 Å². The molecule has 0 N–H and O–H groups in total. The molecule has 5 heteroatoms. The van der Waals surface area contributed by atoms with Gasteiger partial charge in [-0.25, -0.2) is 9.13 Å². The topological polar surface area (TPSA) is 25.9 Å². The summed E-state index contributed by atoms with van der Waals surface area (Å²) >= 11 is 3.36. The Hall–Kier alpha value is -0.940. The largest absolute Gasteiger partial charge is 1.00 e. The van der Waals surface area contributed by atoms with E-state index in [4.69, 9.17) is 0 Å². The number of imidazole rings is 1. The average molecular weight is 374 g/mol. The lowest BCUT2D eigenvalue weighted by Gasteiger charge is -2.00. The van der Waals surface area contributed by atoms with Crippen LogP contribution >= 0.6 is 15.9 Å². The van der Waals surface area contributed by atoms with Gasteiger partial charge >= 0.3 is 0 Å². The van der Waals surface area contributed by atoms with Crippen LogP contribution in [0.15, 0.2) is 41.1 Å². The molecule has 1 aromatic heterocycles. The molecule has 0 atom stereocenters. The summed E-state index contributed by atoms with van der Waals surface area (Å²) in [6.45, 7) is 2.38. The molecule has 0 amide bonds. The number of nitrogens with zero attached hydrogens (tertiary/aromatic N) is 2. The Morgan fingerprint density at radius 3 is 2.44 bits per heavy atom. The zero-order valence-corrected chi connectivity index (χ0v) is 13.4. The molecule has 0 radical (unpaired) electrons. The lowest BCUT2D eigenvalue weighted by atomic mass is 10.1. The fourth-order valence-corrected chi connectivity index (χ4v) is 1.91. The van der Waals surface area contributed by atoms with Crippen LogP contribution in [0.5, 0.6) is 0 Å². The summed E-state index contributed by atoms with van der Waals surface area (Å²) in [6, 6.07) is 7.45. The van der Waals surface area contributed by atoms with Gasteiger partial charge in [-0.2, -0.15) is 0 Å². The number of hydrogen-bond donors (Lipinski definition) is 0. The minimum absolute atomic E-state index is 0. The number of halogens is 2. The molecular formula is C13H14Br2N2O. The van der Waals surface area contributed by atoms with Crippen LogP contribution in [-0.2, 0) is 13.6 Å². The third-order valence-corrected chi connectivity index (χ3v) is 3.41. The number of carbonyl (C=O) groups excluding carboxylic acids is 1. The summed E-state index contributed by atoms with van der Waals surface area (Å²) in [4.78, 5) is 12.0. The highest BCUT2D eigenvalue weighted by Gasteiger charge is 2.14. The molecule has 0 aliphatic carbocycles. The first-order valence-electron chi connectivity index (χ1n) is 5.38. The molecule has 2 rings (SSSR count). The van der Waals surface area contributed by atoms with E-state index in [1.54, 1.807) is 0 Å². The van der Waals surface area contributed by atoms with Gasteiger partial charge in [0.25, 0.3) is 5.82 Å². The van der Waals surface area contributed by atoms with Crippen molar-refractivity contribution in [3.8, 4) is 0 Å². The zero-order chi connectivity index (χ0) is 12.4. The zero-order valence-electron chi connectivity index (χ0n) is 10.2. The van der Waals surface area contributed by atoms with Crippen LogP contribution in [0.1, 0.15) is 16.2 Å². The molecule has 0 spiro atoms. The normalized spacial score (nSPS) is 9.94. The van der Waals surface area contributed by atoms with Gasteiger partial charge in [-0.05, 0) is 12.1 Å². The van der Waals surface area contributed by atoms with Crippen molar-refractivity contribution in [2.24, 2.45) is 7.05 Å². The smallest absolute Gasteiger partial charge is 0.253 e. The Bertz CT molecular complexity index is 547. The molecular weight excluding hydrogens is 360 g/mol. The number of benzene rings is 1. The van der Waals surface area contributed by atoms with Gasteiger partial charge in [0.1, 0.15) is 12.4 Å². The Kier molecular flexibility index (Phi) is 5.28. The quantitative estimate of drug-likeness (QED) is 0.514. The third-order valence-electron chi connectivity index (χ3n) is 2.88. The number of aromatic nitrogens is 2. The van der Waals surface area contributed by atoms with Gasteiger partial charge in [-0.15, -0.1) is 0 Å². The SMILES string of the molecule is Cc1n(CC(=O)c2ccc(Br)cc2)cc[n+]1C.[Br-]. The van der Waals surface area contributed by atoms with Crippen molar-refractivity contribution >= 4 is 21.7 Å². The predicted octanol–water partition coefficient (Wildman–Crippen LogP) is -0.730. The van der Waals surface area contributed by atoms with E-state index in [9.17, 15) is 4.79 Å². The standard InChI is InChI=1S/C13H14BrN2O.BrH/c1-10-15(2)7-8-16(10)9-13(17)11-3-5-12(14)6-4-11;/h3-8H,9H2,1-2H3;1H/q+1;/p-1. The van der Waals surface area contributed by atoms with Crippen molar-refractivity contribution in [1.82, 2.24) is 4.57 Å². The molecule has 0 bridgehead atoms. The van der Waals surface area contributed by atoms with E-state index in [0.717, 1.165) is 15.9 Å². The van der Waals surface area contributed by atoms with Gasteiger partial charge in [0.05, 0.1) is 7.05 Å². The average Bonchev–Trinajstić information content (AvgIpc) is 2.62. The molecule has 0 fully saturated rings. The Morgan fingerprint density at radius 1 is 1.33 bits per heavy atom. The van der Waals surface area contributed by atoms with Gasteiger partial charge in [0, 0.05) is 17.0 Å². The van der Waals surface area contributed by atoms with Gasteiger partial charge < -0.3 is 17.0 Å². The van der Waals surface area contributed by atoms with E-state index in [2.05, 4.69) is 15.9 Å². The molecule has 0 saturated heterocycles. The second-order valence-electron chi connectivity index (χ2n) is 4.01. The molecule has 0 aliphatic heterocycles. The number of ketones is 1. The fourth-order valence-electron chi connectivity index (χ4n) is 1.65. The first-order valence-corrected chi connectivity index (χ1v) is 6.17. The summed E-state index contributed by atoms with van der Waals surface area (Å²) < 4.78 is 4.93. The maximum atomic E-state index is 12.0. The fraction of sp³-hybridized carbons (Fsp3) is 0.231. The molecule has 1 aromatic carbocycles. The van der Waals surface area contributed by atoms with E-state index in [-0.39, 0.29) is 22.8 Å². The lowest BCUT2D eigenvalue weighted by Crippen LogP contribution is -3.00. The second kappa shape index (κ2) is 6.29. The highest BCUT2D eigenvalue weighted by molar-refractivity contribution is 9.10. The highest BCUT2D eigenvalue weighted by Crippen LogP contribution is 2.11. The maximum Gasteiger partial charge on any atom is 0.253 e. The van der Waals surface area contributed by atoms with Gasteiger partial charge in [0.15, 0.2) is 6.54 Å². The summed E-state index contributed by atoms with van der Waals surface area (Å²) in [7, 11) is 1.97. The second-order valence-corrected chi connectivity index (χ2v) is 4.93. The third kappa shape index (κ3) is 3.29. The van der Waals surface area contributed by atoms with Gasteiger partial charge in [-0.1, -0.05) is 28.1 Å². The summed E-state index contributed by atoms with van der Waals surface area (Å²) in [5.74, 6) is 1.19. The van der Waals surface area contributed by atoms with Crippen LogP contribution in [0.2, 0.25) is 0 Å². The minimum atomic E-state index is 0. The first-order chi connectivity index (χ1) is 8.08. The van der Waals surface area contributed by atoms with E-state index in [1.165, 1.54) is 0 Å². The van der Waals surface area contributed by atoms with Crippen LogP contribution in [-0.4, -0.2) is 10.4 Å². The first kappa shape index (κ1) is 15.1. The van der Waals surface area contributed by atoms with Crippen molar-refractivity contribution in [2.75, 3.05) is 0 Å². The van der Waals surface area contributed by atoms with E-state index in [1.807, 2.05) is 59.8 Å². The van der Waals surface area contributed by atoms with E-state index < -0.39 is 0 Å². The Labute approximate surface area is 125 Å². The minimum Gasteiger partial charge on any atom is -1.00 e. The van der Waals surface area contributed by atoms with Crippen molar-refractivity contribution in [2.45, 2.75) is 13.5 Å². The molecule has 3 nitrogen and oxygen atoms in total. The highest BCUT2D eigenvalue weighted by atomic mass is 79.9. The van der Waals surface area contributed by atoms with Crippen LogP contribution in [0.3, 0.4) is 0 Å².